The molecule has 1 saturated heterocycles. The van der Waals surface area contributed by atoms with Crippen molar-refractivity contribution in [3.05, 3.63) is 18.5 Å². The Hall–Kier alpha value is -1.29. The van der Waals surface area contributed by atoms with Crippen LogP contribution in [0.15, 0.2) is 18.5 Å². The minimum Gasteiger partial charge on any atom is -0.396 e. The predicted octanol–water partition coefficient (Wildman–Crippen LogP) is 0.625. The summed E-state index contributed by atoms with van der Waals surface area (Å²) in [5.74, 6) is 0. The van der Waals surface area contributed by atoms with Gasteiger partial charge in [-0.05, 0) is 12.5 Å². The highest BCUT2D eigenvalue weighted by atomic mass is 16.3. The topological polar surface area (TPSA) is 62.4 Å². The van der Waals surface area contributed by atoms with Gasteiger partial charge in [-0.1, -0.05) is 6.92 Å². The van der Waals surface area contributed by atoms with E-state index >= 15 is 0 Å². The molecule has 1 aliphatic rings. The lowest BCUT2D eigenvalue weighted by atomic mass is 9.91. The number of pyridine rings is 1. The van der Waals surface area contributed by atoms with Crippen LogP contribution in [0, 0.1) is 0 Å². The Morgan fingerprint density at radius 3 is 2.93 bits per heavy atom. The van der Waals surface area contributed by atoms with Crippen molar-refractivity contribution in [1.29, 1.82) is 0 Å². The Kier molecular flexibility index (Phi) is 2.07. The second-order valence-electron chi connectivity index (χ2n) is 3.87. The van der Waals surface area contributed by atoms with Gasteiger partial charge in [0.2, 0.25) is 0 Å². The second-order valence-corrected chi connectivity index (χ2v) is 3.87. The zero-order valence-corrected chi connectivity index (χ0v) is 8.27. The molecular weight excluding hydrogens is 178 g/mol. The van der Waals surface area contributed by atoms with Gasteiger partial charge in [0.05, 0.1) is 23.2 Å². The average Bonchev–Trinajstić information content (AvgIpc) is 2.14. The molecule has 1 fully saturated rings. The molecule has 0 aromatic carbocycles. The van der Waals surface area contributed by atoms with Crippen LogP contribution in [0.4, 0.5) is 11.4 Å². The molecular formula is C10H15N3O. The molecule has 1 aromatic heterocycles. The maximum Gasteiger partial charge on any atom is 0.0992 e. The molecule has 0 radical (unpaired) electrons. The minimum absolute atomic E-state index is 0.518. The van der Waals surface area contributed by atoms with Crippen LogP contribution in [-0.4, -0.2) is 28.8 Å². The molecule has 4 heteroatoms. The molecule has 0 atom stereocenters. The number of aromatic nitrogens is 1. The predicted molar refractivity (Wildman–Crippen MR) is 56.1 cm³/mol. The number of hydrogen-bond donors (Lipinski definition) is 2. The third-order valence-corrected chi connectivity index (χ3v) is 2.80. The fourth-order valence-electron chi connectivity index (χ4n) is 1.75. The molecule has 14 heavy (non-hydrogen) atoms. The maximum atomic E-state index is 9.84. The van der Waals surface area contributed by atoms with E-state index in [0.717, 1.165) is 12.1 Å². The van der Waals surface area contributed by atoms with Gasteiger partial charge >= 0.3 is 0 Å². The number of aliphatic hydroxyl groups is 1. The van der Waals surface area contributed by atoms with Gasteiger partial charge in [0, 0.05) is 19.3 Å². The van der Waals surface area contributed by atoms with E-state index in [9.17, 15) is 5.11 Å². The van der Waals surface area contributed by atoms with E-state index in [1.807, 2.05) is 13.0 Å². The molecule has 76 valence electrons. The first-order valence-electron chi connectivity index (χ1n) is 4.81. The number of β-amino-alcohol motifs (C(OH)–C–C–N with tert-alkyl or cyclic N) is 1. The average molecular weight is 193 g/mol. The molecule has 0 bridgehead atoms. The molecule has 3 N–H and O–H groups in total. The molecule has 0 unspecified atom stereocenters. The molecule has 0 amide bonds. The van der Waals surface area contributed by atoms with Gasteiger partial charge in [-0.25, -0.2) is 0 Å². The minimum atomic E-state index is -0.518. The number of anilines is 2. The zero-order valence-electron chi connectivity index (χ0n) is 8.27. The van der Waals surface area contributed by atoms with Crippen LogP contribution >= 0.6 is 0 Å². The number of nitrogens with zero attached hydrogens (tertiary/aromatic N) is 2. The molecule has 0 saturated carbocycles. The summed E-state index contributed by atoms with van der Waals surface area (Å²) in [6.45, 7) is 3.32. The molecule has 0 spiro atoms. The summed E-state index contributed by atoms with van der Waals surface area (Å²) in [5, 5.41) is 9.84. The first-order chi connectivity index (χ1) is 6.64. The Morgan fingerprint density at radius 2 is 2.36 bits per heavy atom. The van der Waals surface area contributed by atoms with E-state index in [4.69, 9.17) is 5.73 Å². The van der Waals surface area contributed by atoms with E-state index in [0.29, 0.717) is 18.8 Å². The van der Waals surface area contributed by atoms with Crippen LogP contribution in [0.2, 0.25) is 0 Å². The van der Waals surface area contributed by atoms with E-state index in [2.05, 4.69) is 9.88 Å². The summed E-state index contributed by atoms with van der Waals surface area (Å²) in [5.41, 5.74) is 6.90. The third kappa shape index (κ3) is 1.42. The summed E-state index contributed by atoms with van der Waals surface area (Å²) in [4.78, 5) is 6.00. The Balaban J connectivity index is 2.10. The number of nitrogen functional groups attached to an aromatic ring is 1. The van der Waals surface area contributed by atoms with Crippen LogP contribution in [0.1, 0.15) is 13.3 Å². The summed E-state index contributed by atoms with van der Waals surface area (Å²) < 4.78 is 0. The number of rotatable bonds is 2. The lowest BCUT2D eigenvalue weighted by molar-refractivity contribution is 0.00861. The Bertz CT molecular complexity index is 334. The SMILES string of the molecule is CCC1(O)CN(c2ccncc2N)C1. The van der Waals surface area contributed by atoms with Gasteiger partial charge in [0.15, 0.2) is 0 Å². The van der Waals surface area contributed by atoms with Gasteiger partial charge in [0.1, 0.15) is 0 Å². The van der Waals surface area contributed by atoms with E-state index in [1.165, 1.54) is 0 Å². The van der Waals surface area contributed by atoms with E-state index in [1.54, 1.807) is 12.4 Å². The van der Waals surface area contributed by atoms with Crippen LogP contribution in [0.5, 0.6) is 0 Å². The number of nitrogens with two attached hydrogens (primary N) is 1. The first-order valence-corrected chi connectivity index (χ1v) is 4.81. The van der Waals surface area contributed by atoms with Gasteiger partial charge in [-0.15, -0.1) is 0 Å². The van der Waals surface area contributed by atoms with Crippen molar-refractivity contribution in [2.75, 3.05) is 23.7 Å². The largest absolute Gasteiger partial charge is 0.396 e. The third-order valence-electron chi connectivity index (χ3n) is 2.80. The fraction of sp³-hybridized carbons (Fsp3) is 0.500. The molecule has 0 aliphatic carbocycles. The van der Waals surface area contributed by atoms with Crippen molar-refractivity contribution >= 4 is 11.4 Å². The lowest BCUT2D eigenvalue weighted by Gasteiger charge is -2.47. The van der Waals surface area contributed by atoms with Crippen LogP contribution in [0.25, 0.3) is 0 Å². The highest BCUT2D eigenvalue weighted by Gasteiger charge is 2.39. The van der Waals surface area contributed by atoms with Crippen molar-refractivity contribution in [3.8, 4) is 0 Å². The monoisotopic (exact) mass is 193 g/mol. The van der Waals surface area contributed by atoms with Crippen LogP contribution in [-0.2, 0) is 0 Å². The zero-order chi connectivity index (χ0) is 10.2. The van der Waals surface area contributed by atoms with Gasteiger partial charge in [-0.3, -0.25) is 4.98 Å². The summed E-state index contributed by atoms with van der Waals surface area (Å²) in [6, 6.07) is 1.88. The van der Waals surface area contributed by atoms with Gasteiger partial charge < -0.3 is 15.7 Å². The summed E-state index contributed by atoms with van der Waals surface area (Å²) in [7, 11) is 0. The van der Waals surface area contributed by atoms with Crippen molar-refractivity contribution in [3.63, 3.8) is 0 Å². The standard InChI is InChI=1S/C10H15N3O/c1-2-10(14)6-13(7-10)9-3-4-12-5-8(9)11/h3-5,14H,2,6-7,11H2,1H3. The van der Waals surface area contributed by atoms with Crippen molar-refractivity contribution < 1.29 is 5.11 Å². The maximum absolute atomic E-state index is 9.84. The first kappa shape index (κ1) is 9.27. The summed E-state index contributed by atoms with van der Waals surface area (Å²) >= 11 is 0. The van der Waals surface area contributed by atoms with Crippen molar-refractivity contribution in [2.45, 2.75) is 18.9 Å². The van der Waals surface area contributed by atoms with Crippen LogP contribution < -0.4 is 10.6 Å². The number of hydrogen-bond acceptors (Lipinski definition) is 4. The molecule has 2 rings (SSSR count). The van der Waals surface area contributed by atoms with E-state index in [-0.39, 0.29) is 0 Å². The molecule has 4 nitrogen and oxygen atoms in total. The van der Waals surface area contributed by atoms with Crippen molar-refractivity contribution in [2.24, 2.45) is 0 Å². The normalized spacial score (nSPS) is 19.1. The van der Waals surface area contributed by atoms with Gasteiger partial charge in [-0.2, -0.15) is 0 Å². The van der Waals surface area contributed by atoms with Crippen LogP contribution in [0.3, 0.4) is 0 Å². The highest BCUT2D eigenvalue weighted by Crippen LogP contribution is 2.32. The quantitative estimate of drug-likeness (QED) is 0.723. The molecule has 2 heterocycles. The van der Waals surface area contributed by atoms with Crippen molar-refractivity contribution in [1.82, 2.24) is 4.98 Å². The Labute approximate surface area is 83.4 Å². The van der Waals surface area contributed by atoms with E-state index < -0.39 is 5.60 Å². The second kappa shape index (κ2) is 3.13. The highest BCUT2D eigenvalue weighted by molar-refractivity contribution is 5.67. The molecule has 1 aliphatic heterocycles. The summed E-state index contributed by atoms with van der Waals surface area (Å²) in [6.07, 6.45) is 4.14. The smallest absolute Gasteiger partial charge is 0.0992 e. The Morgan fingerprint density at radius 1 is 1.64 bits per heavy atom. The molecule has 1 aromatic rings. The van der Waals surface area contributed by atoms with Gasteiger partial charge in [0.25, 0.3) is 0 Å². The lowest BCUT2D eigenvalue weighted by Crippen LogP contribution is -2.61. The fourth-order valence-corrected chi connectivity index (χ4v) is 1.75.